The number of nitrogens with one attached hydrogen (secondary N) is 6. The Morgan fingerprint density at radius 2 is 0.851 bits per heavy atom. The summed E-state index contributed by atoms with van der Waals surface area (Å²) in [6.45, 7) is 1.84. The van der Waals surface area contributed by atoms with Gasteiger partial charge in [-0.05, 0) is 77.7 Å². The van der Waals surface area contributed by atoms with Crippen molar-refractivity contribution >= 4 is 71.2 Å². The lowest BCUT2D eigenvalue weighted by Gasteiger charge is -2.26. The zero-order valence-electron chi connectivity index (χ0n) is 37.8. The van der Waals surface area contributed by atoms with E-state index in [1.807, 2.05) is 0 Å². The number of hydrogen-bond acceptors (Lipinski definition) is 15. The summed E-state index contributed by atoms with van der Waals surface area (Å²) >= 11 is 0. The number of aliphatic carboxylic acids is 3. The van der Waals surface area contributed by atoms with Crippen molar-refractivity contribution < 1.29 is 63.6 Å². The second kappa shape index (κ2) is 35.2. The Labute approximate surface area is 386 Å². The van der Waals surface area contributed by atoms with E-state index in [1.54, 1.807) is 0 Å². The summed E-state index contributed by atoms with van der Waals surface area (Å²) in [5.74, 6) is -9.67. The molecule has 30 nitrogen and oxygen atoms in total. The molecule has 0 fully saturated rings. The number of nitrogens with zero attached hydrogens (tertiary/aromatic N) is 3. The fourth-order valence-corrected chi connectivity index (χ4v) is 5.45. The highest BCUT2D eigenvalue weighted by Gasteiger charge is 2.33. The molecule has 0 radical (unpaired) electrons. The quantitative estimate of drug-likeness (QED) is 0.0165. The van der Waals surface area contributed by atoms with Gasteiger partial charge >= 0.3 is 11.9 Å². The molecule has 7 unspecified atom stereocenters. The van der Waals surface area contributed by atoms with Crippen LogP contribution < -0.4 is 77.8 Å². The minimum atomic E-state index is -1.72. The molecule has 0 aliphatic rings. The van der Waals surface area contributed by atoms with Gasteiger partial charge in [-0.3, -0.25) is 53.3 Å². The van der Waals surface area contributed by atoms with Gasteiger partial charge in [-0.2, -0.15) is 0 Å². The number of aliphatic hydroxyl groups excluding tert-OH is 1. The van der Waals surface area contributed by atoms with Crippen molar-refractivity contribution in [3.05, 3.63) is 0 Å². The summed E-state index contributed by atoms with van der Waals surface area (Å²) < 4.78 is 0. The zero-order valence-corrected chi connectivity index (χ0v) is 37.8. The van der Waals surface area contributed by atoms with Gasteiger partial charge in [-0.15, -0.1) is 0 Å². The largest absolute Gasteiger partial charge is 0.481 e. The van der Waals surface area contributed by atoms with Gasteiger partial charge in [0.25, 0.3) is 5.97 Å². The molecular weight excluding hydrogens is 891 g/mol. The van der Waals surface area contributed by atoms with Crippen molar-refractivity contribution in [2.75, 3.05) is 32.8 Å². The van der Waals surface area contributed by atoms with Crippen molar-refractivity contribution in [3.8, 4) is 0 Å². The monoisotopic (exact) mass is 962 g/mol. The number of carboxylic acids is 3. The third-order valence-corrected chi connectivity index (χ3v) is 8.87. The highest BCUT2D eigenvalue weighted by Crippen LogP contribution is 2.08. The average molecular weight is 962 g/mol. The molecule has 0 aromatic rings. The van der Waals surface area contributed by atoms with Crippen molar-refractivity contribution in [2.45, 2.75) is 127 Å². The molecule has 67 heavy (non-hydrogen) atoms. The number of amides is 6. The van der Waals surface area contributed by atoms with Crippen LogP contribution >= 0.6 is 0 Å². The second-order valence-electron chi connectivity index (χ2n) is 14.7. The van der Waals surface area contributed by atoms with Crippen LogP contribution in [-0.2, 0) is 43.2 Å². The van der Waals surface area contributed by atoms with Crippen LogP contribution in [0.4, 0.5) is 0 Å². The highest BCUT2D eigenvalue weighted by atomic mass is 16.4. The summed E-state index contributed by atoms with van der Waals surface area (Å²) in [6, 6.07) is -9.75. The first-order valence-electron chi connectivity index (χ1n) is 21.1. The molecule has 30 heteroatoms. The van der Waals surface area contributed by atoms with Crippen LogP contribution in [0.25, 0.3) is 0 Å². The lowest BCUT2D eigenvalue weighted by molar-refractivity contribution is -0.143. The van der Waals surface area contributed by atoms with Gasteiger partial charge in [-0.25, -0.2) is 4.79 Å². The number of rotatable bonds is 33. The van der Waals surface area contributed by atoms with E-state index >= 15 is 0 Å². The average Bonchev–Trinajstić information content (AvgIpc) is 3.23. The number of guanidine groups is 3. The number of carboxylic acid groups (broad SMARTS) is 3. The van der Waals surface area contributed by atoms with Gasteiger partial charge in [0.05, 0.1) is 12.6 Å². The fourth-order valence-electron chi connectivity index (χ4n) is 5.45. The van der Waals surface area contributed by atoms with E-state index < -0.39 is 115 Å². The Balaban J connectivity index is 0. The Morgan fingerprint density at radius 1 is 0.493 bits per heavy atom. The lowest BCUT2D eigenvalue weighted by atomic mass is 10.0. The smallest absolute Gasteiger partial charge is 0.326 e. The van der Waals surface area contributed by atoms with Crippen molar-refractivity contribution in [2.24, 2.45) is 60.8 Å². The van der Waals surface area contributed by atoms with E-state index in [-0.39, 0.29) is 76.0 Å². The lowest BCUT2D eigenvalue weighted by Crippen LogP contribution is -2.60. The van der Waals surface area contributed by atoms with Crippen molar-refractivity contribution in [3.63, 3.8) is 0 Å². The van der Waals surface area contributed by atoms with Crippen LogP contribution in [0.15, 0.2) is 15.0 Å². The molecule has 0 saturated heterocycles. The van der Waals surface area contributed by atoms with Gasteiger partial charge in [-0.1, -0.05) is 0 Å². The number of carbonyl (C=O) groups is 9. The number of aliphatic imine (C=N–C) groups is 3. The molecule has 0 aliphatic carbocycles. The van der Waals surface area contributed by atoms with E-state index in [1.165, 1.54) is 6.92 Å². The van der Waals surface area contributed by atoms with Gasteiger partial charge in [0.15, 0.2) is 17.9 Å². The van der Waals surface area contributed by atoms with Gasteiger partial charge < -0.3 is 98.2 Å². The summed E-state index contributed by atoms with van der Waals surface area (Å²) in [4.78, 5) is 123. The molecule has 0 heterocycles. The van der Waals surface area contributed by atoms with E-state index in [4.69, 9.17) is 60.9 Å². The summed E-state index contributed by atoms with van der Waals surface area (Å²) in [6.07, 6.45) is 0.522. The number of aliphatic hydroxyl groups is 1. The van der Waals surface area contributed by atoms with E-state index in [2.05, 4.69) is 46.9 Å². The van der Waals surface area contributed by atoms with Crippen LogP contribution in [0.2, 0.25) is 0 Å². The third kappa shape index (κ3) is 31.4. The SMILES string of the molecule is CC(=O)O.CC(NC(=O)C(CCCN=C(N)N)NC(=O)C(CO)NC(=O)C(CCCN=C(N)N)NC(=O)C(CCCCN)NC(=O)C(N)CCCN=C(N)N)C(=O)NC(CCC(=O)O)C(=O)O. The van der Waals surface area contributed by atoms with E-state index in [9.17, 15) is 48.6 Å². The van der Waals surface area contributed by atoms with E-state index in [0.29, 0.717) is 25.8 Å². The van der Waals surface area contributed by atoms with Crippen LogP contribution in [0.3, 0.4) is 0 Å². The first kappa shape index (κ1) is 62.0. The Kier molecular flexibility index (Phi) is 32.6. The Hall–Kier alpha value is -7.08. The number of carbonyl (C=O) groups excluding carboxylic acids is 6. The predicted molar refractivity (Wildman–Crippen MR) is 243 cm³/mol. The second-order valence-corrected chi connectivity index (χ2v) is 14.7. The molecule has 0 saturated carbocycles. The van der Waals surface area contributed by atoms with Crippen LogP contribution in [0.1, 0.15) is 84.5 Å². The molecule has 382 valence electrons. The van der Waals surface area contributed by atoms with Crippen LogP contribution in [0.5, 0.6) is 0 Å². The maximum atomic E-state index is 13.7. The zero-order chi connectivity index (χ0) is 51.6. The molecule has 0 rings (SSSR count). The van der Waals surface area contributed by atoms with Gasteiger partial charge in [0.2, 0.25) is 35.4 Å². The molecule has 0 bridgehead atoms. The topological polar surface area (TPSA) is 552 Å². The predicted octanol–water partition coefficient (Wildman–Crippen LogP) is -7.44. The Morgan fingerprint density at radius 3 is 1.24 bits per heavy atom. The minimum Gasteiger partial charge on any atom is -0.481 e. The normalized spacial score (nSPS) is 13.6. The molecular formula is C37H71N17O13. The van der Waals surface area contributed by atoms with Crippen LogP contribution in [-0.4, -0.2) is 167 Å². The maximum Gasteiger partial charge on any atom is 0.326 e. The van der Waals surface area contributed by atoms with Crippen molar-refractivity contribution in [1.29, 1.82) is 0 Å². The molecule has 0 aromatic heterocycles. The molecule has 7 atom stereocenters. The summed E-state index contributed by atoms with van der Waals surface area (Å²) in [5.41, 5.74) is 43.9. The molecule has 0 aromatic carbocycles. The third-order valence-electron chi connectivity index (χ3n) is 8.87. The van der Waals surface area contributed by atoms with Crippen LogP contribution in [0, 0.1) is 0 Å². The molecule has 6 amide bonds. The minimum absolute atomic E-state index is 0.00230. The van der Waals surface area contributed by atoms with Gasteiger partial charge in [0, 0.05) is 33.0 Å². The fraction of sp³-hybridized carbons (Fsp3) is 0.676. The first-order valence-corrected chi connectivity index (χ1v) is 21.1. The van der Waals surface area contributed by atoms with E-state index in [0.717, 1.165) is 6.92 Å². The summed E-state index contributed by atoms with van der Waals surface area (Å²) in [7, 11) is 0. The highest BCUT2D eigenvalue weighted by molar-refractivity contribution is 5.97. The summed E-state index contributed by atoms with van der Waals surface area (Å²) in [5, 5.41) is 50.3. The number of unbranched alkanes of at least 4 members (excludes halogenated alkanes) is 1. The number of nitrogens with two attached hydrogens (primary N) is 8. The first-order chi connectivity index (χ1) is 31.4. The molecule has 0 spiro atoms. The molecule has 0 aliphatic heterocycles. The van der Waals surface area contributed by atoms with Crippen molar-refractivity contribution in [1.82, 2.24) is 31.9 Å². The van der Waals surface area contributed by atoms with Gasteiger partial charge in [0.1, 0.15) is 36.3 Å². The standard InChI is InChI=1S/C35H67N17O11.C2H4O2/c1-18(26(56)51-23(32(62)63)11-12-25(54)55)47-28(58)21(9-5-15-45-34(40)41)50-31(61)24(17-53)52-30(60)22(10-6-16-46-35(42)43)49-29(59)20(8-2-3-13-36)48-27(57)19(37)7-4-14-44-33(38)39;1-2(3)4/h18-24,53H,2-17,36-37H2,1H3,(H,47,58)(H,48,57)(H,49,59)(H,50,61)(H,51,56)(H,52,60)(H,54,55)(H,62,63)(H4,38,39,44)(H4,40,41,45)(H4,42,43,46);1H3,(H,3,4). The number of hydrogen-bond donors (Lipinski definition) is 18. The maximum absolute atomic E-state index is 13.7. The molecule has 26 N–H and O–H groups in total. The Bertz CT molecular complexity index is 1700.